The summed E-state index contributed by atoms with van der Waals surface area (Å²) in [6, 6.07) is 0. The monoisotopic (exact) mass is 222 g/mol. The molecule has 2 atom stereocenters. The second-order valence-electron chi connectivity index (χ2n) is 2.44. The van der Waals surface area contributed by atoms with E-state index in [1.165, 1.54) is 0 Å². The highest BCUT2D eigenvalue weighted by Gasteiger charge is 2.24. The third kappa shape index (κ3) is 2.84. The number of alkyl halides is 1. The lowest BCUT2D eigenvalue weighted by Crippen LogP contribution is -2.23. The molecule has 5 heteroatoms. The fourth-order valence-electron chi connectivity index (χ4n) is 1.03. The summed E-state index contributed by atoms with van der Waals surface area (Å²) in [6.07, 6.45) is 0.191. The highest BCUT2D eigenvalue weighted by molar-refractivity contribution is 9.09. The summed E-state index contributed by atoms with van der Waals surface area (Å²) in [5, 5.41) is 5.88. The molecule has 0 aliphatic carbocycles. The summed E-state index contributed by atoms with van der Waals surface area (Å²) >= 11 is 3.46. The average Bonchev–Trinajstić information content (AvgIpc) is 2.37. The molecule has 0 saturated carbocycles. The van der Waals surface area contributed by atoms with Crippen LogP contribution in [0.25, 0.3) is 0 Å². The molecule has 0 radical (unpaired) electrons. The van der Waals surface area contributed by atoms with Gasteiger partial charge >= 0.3 is 0 Å². The minimum absolute atomic E-state index is 0.191. The Hall–Kier alpha value is 0. The number of halogens is 1. The molecule has 64 valence electrons. The fourth-order valence-corrected chi connectivity index (χ4v) is 1.60. The van der Waals surface area contributed by atoms with Crippen LogP contribution in [0.4, 0.5) is 0 Å². The summed E-state index contributed by atoms with van der Waals surface area (Å²) in [7, 11) is 0. The van der Waals surface area contributed by atoms with E-state index in [-0.39, 0.29) is 12.6 Å². The van der Waals surface area contributed by atoms with Gasteiger partial charge in [0.25, 0.3) is 0 Å². The number of nitrogens with one attached hydrogen (secondary N) is 1. The molecule has 0 aromatic carbocycles. The van der Waals surface area contributed by atoms with Gasteiger partial charge in [-0.05, 0) is 0 Å². The largest absolute Gasteiger partial charge is 0.374 e. The molecule has 1 saturated heterocycles. The van der Waals surface area contributed by atoms with E-state index in [0.29, 0.717) is 11.4 Å². The smallest absolute Gasteiger partial charge is 0.104 e. The van der Waals surface area contributed by atoms with Crippen LogP contribution in [0.5, 0.6) is 0 Å². The first kappa shape index (κ1) is 9.09. The van der Waals surface area contributed by atoms with Gasteiger partial charge in [-0.3, -0.25) is 0 Å². The molecule has 0 spiro atoms. The molecule has 0 bridgehead atoms. The van der Waals surface area contributed by atoms with Crippen LogP contribution < -0.4 is 5.32 Å². The molecule has 0 aromatic rings. The Morgan fingerprint density at radius 2 is 2.45 bits per heavy atom. The number of nitrogens with zero attached hydrogens (tertiary/aromatic N) is 1. The normalized spacial score (nSPS) is 30.6. The van der Waals surface area contributed by atoms with Crippen LogP contribution >= 0.6 is 15.9 Å². The highest BCUT2D eigenvalue weighted by atomic mass is 79.9. The van der Waals surface area contributed by atoms with E-state index in [1.807, 2.05) is 0 Å². The Morgan fingerprint density at radius 1 is 1.64 bits per heavy atom. The summed E-state index contributed by atoms with van der Waals surface area (Å²) < 4.78 is 5.35. The van der Waals surface area contributed by atoms with E-state index in [9.17, 15) is 4.91 Å². The van der Waals surface area contributed by atoms with Gasteiger partial charge in [-0.25, -0.2) is 0 Å². The maximum absolute atomic E-state index is 9.70. The lowest BCUT2D eigenvalue weighted by atomic mass is 10.3. The van der Waals surface area contributed by atoms with Crippen molar-refractivity contribution in [3.8, 4) is 0 Å². The van der Waals surface area contributed by atoms with Crippen molar-refractivity contribution in [2.75, 3.05) is 26.2 Å². The zero-order valence-electron chi connectivity index (χ0n) is 6.12. The van der Waals surface area contributed by atoms with Crippen molar-refractivity contribution < 1.29 is 4.74 Å². The van der Waals surface area contributed by atoms with Gasteiger partial charge in [0, 0.05) is 13.1 Å². The average molecular weight is 223 g/mol. The van der Waals surface area contributed by atoms with Gasteiger partial charge in [0.15, 0.2) is 0 Å². The van der Waals surface area contributed by atoms with E-state index in [1.54, 1.807) is 0 Å². The Bertz CT molecular complexity index is 134. The van der Waals surface area contributed by atoms with Crippen molar-refractivity contribution >= 4 is 15.9 Å². The van der Waals surface area contributed by atoms with Gasteiger partial charge in [0.05, 0.1) is 17.5 Å². The standard InChI is InChI=1S/C6H11BrN2O2/c7-5-3-8-4-6(5)11-2-1-9-10/h5-6,8H,1-4H2. The first-order valence-electron chi connectivity index (χ1n) is 3.60. The third-order valence-electron chi connectivity index (χ3n) is 1.60. The molecule has 1 aliphatic heterocycles. The summed E-state index contributed by atoms with van der Waals surface area (Å²) in [4.78, 5) is 10.1. The predicted octanol–water partition coefficient (Wildman–Crippen LogP) is 0.505. The van der Waals surface area contributed by atoms with E-state index < -0.39 is 0 Å². The summed E-state index contributed by atoms with van der Waals surface area (Å²) in [5.74, 6) is 0. The third-order valence-corrected chi connectivity index (χ3v) is 2.52. The number of rotatable bonds is 4. The van der Waals surface area contributed by atoms with Gasteiger partial charge in [-0.1, -0.05) is 21.1 Å². The first-order chi connectivity index (χ1) is 5.34. The molecule has 1 rings (SSSR count). The molecule has 1 aliphatic rings. The van der Waals surface area contributed by atoms with Crippen LogP contribution in [-0.4, -0.2) is 37.2 Å². The van der Waals surface area contributed by atoms with E-state index >= 15 is 0 Å². The van der Waals surface area contributed by atoms with Crippen molar-refractivity contribution in [2.45, 2.75) is 10.9 Å². The maximum Gasteiger partial charge on any atom is 0.104 e. The molecular formula is C6H11BrN2O2. The van der Waals surface area contributed by atoms with Gasteiger partial charge in [-0.15, -0.1) is 0 Å². The SMILES string of the molecule is O=NCCOC1CNCC1Br. The van der Waals surface area contributed by atoms with Gasteiger partial charge < -0.3 is 10.1 Å². The molecule has 0 amide bonds. The maximum atomic E-state index is 9.70. The van der Waals surface area contributed by atoms with Crippen molar-refractivity contribution in [3.05, 3.63) is 4.91 Å². The Balaban J connectivity index is 2.10. The predicted molar refractivity (Wildman–Crippen MR) is 46.0 cm³/mol. The summed E-state index contributed by atoms with van der Waals surface area (Å²) in [5.41, 5.74) is 0. The Morgan fingerprint density at radius 3 is 3.00 bits per heavy atom. The number of ether oxygens (including phenoxy) is 1. The quantitative estimate of drug-likeness (QED) is 0.429. The molecule has 0 aromatic heterocycles. The molecule has 1 heterocycles. The van der Waals surface area contributed by atoms with E-state index in [2.05, 4.69) is 26.4 Å². The summed E-state index contributed by atoms with van der Waals surface area (Å²) in [6.45, 7) is 2.46. The number of hydrogen-bond acceptors (Lipinski definition) is 4. The zero-order valence-corrected chi connectivity index (χ0v) is 7.71. The lowest BCUT2D eigenvalue weighted by molar-refractivity contribution is 0.0773. The second kappa shape index (κ2) is 4.79. The van der Waals surface area contributed by atoms with Gasteiger partial charge in [0.1, 0.15) is 6.54 Å². The van der Waals surface area contributed by atoms with E-state index in [4.69, 9.17) is 4.74 Å². The number of hydrogen-bond donors (Lipinski definition) is 1. The van der Waals surface area contributed by atoms with Crippen molar-refractivity contribution in [1.29, 1.82) is 0 Å². The van der Waals surface area contributed by atoms with Gasteiger partial charge in [-0.2, -0.15) is 4.91 Å². The molecular weight excluding hydrogens is 212 g/mol. The minimum atomic E-state index is 0.191. The van der Waals surface area contributed by atoms with Crippen molar-refractivity contribution in [2.24, 2.45) is 5.18 Å². The Labute approximate surface area is 73.8 Å². The van der Waals surface area contributed by atoms with E-state index in [0.717, 1.165) is 13.1 Å². The van der Waals surface area contributed by atoms with Crippen molar-refractivity contribution in [3.63, 3.8) is 0 Å². The van der Waals surface area contributed by atoms with Crippen molar-refractivity contribution in [1.82, 2.24) is 5.32 Å². The van der Waals surface area contributed by atoms with Crippen LogP contribution in [0, 0.1) is 4.91 Å². The molecule has 2 unspecified atom stereocenters. The molecule has 11 heavy (non-hydrogen) atoms. The first-order valence-corrected chi connectivity index (χ1v) is 4.51. The molecule has 1 N–H and O–H groups in total. The Kier molecular flexibility index (Phi) is 3.96. The van der Waals surface area contributed by atoms with Crippen LogP contribution in [0.3, 0.4) is 0 Å². The fraction of sp³-hybridized carbons (Fsp3) is 1.00. The topological polar surface area (TPSA) is 50.7 Å². The number of nitroso groups, excluding NO2 is 1. The highest BCUT2D eigenvalue weighted by Crippen LogP contribution is 2.12. The lowest BCUT2D eigenvalue weighted by Gasteiger charge is -2.12. The van der Waals surface area contributed by atoms with Crippen LogP contribution in [0.2, 0.25) is 0 Å². The van der Waals surface area contributed by atoms with Crippen LogP contribution in [0.1, 0.15) is 0 Å². The minimum Gasteiger partial charge on any atom is -0.374 e. The second-order valence-corrected chi connectivity index (χ2v) is 3.61. The molecule has 4 nitrogen and oxygen atoms in total. The van der Waals surface area contributed by atoms with Crippen LogP contribution in [0.15, 0.2) is 5.18 Å². The van der Waals surface area contributed by atoms with Crippen LogP contribution in [-0.2, 0) is 4.74 Å². The zero-order chi connectivity index (χ0) is 8.10. The molecule has 1 fully saturated rings. The van der Waals surface area contributed by atoms with Gasteiger partial charge in [0.2, 0.25) is 0 Å².